The molecular formula is C13H7Br2ClF2N2O. The third kappa shape index (κ3) is 3.53. The van der Waals surface area contributed by atoms with E-state index in [1.165, 1.54) is 0 Å². The highest BCUT2D eigenvalue weighted by Gasteiger charge is 2.18. The van der Waals surface area contributed by atoms with Gasteiger partial charge in [0, 0.05) is 14.6 Å². The first kappa shape index (κ1) is 16.2. The van der Waals surface area contributed by atoms with Crippen LogP contribution in [0.3, 0.4) is 0 Å². The summed E-state index contributed by atoms with van der Waals surface area (Å²) in [4.78, 5) is 12.1. The van der Waals surface area contributed by atoms with Crippen LogP contribution in [0.25, 0.3) is 0 Å². The molecule has 1 amide bonds. The highest BCUT2D eigenvalue weighted by Crippen LogP contribution is 2.34. The summed E-state index contributed by atoms with van der Waals surface area (Å²) in [6, 6.07) is 4.63. The van der Waals surface area contributed by atoms with E-state index in [-0.39, 0.29) is 5.02 Å². The number of hydrogen-bond donors (Lipinski definition) is 2. The van der Waals surface area contributed by atoms with Gasteiger partial charge in [-0.25, -0.2) is 8.78 Å². The van der Waals surface area contributed by atoms with Gasteiger partial charge in [0.25, 0.3) is 5.91 Å². The van der Waals surface area contributed by atoms with Gasteiger partial charge in [-0.1, -0.05) is 11.6 Å². The second kappa shape index (κ2) is 6.29. The molecule has 0 bridgehead atoms. The third-order valence-electron chi connectivity index (χ3n) is 2.56. The largest absolute Gasteiger partial charge is 0.399 e. The first-order valence-electron chi connectivity index (χ1n) is 5.50. The first-order valence-corrected chi connectivity index (χ1v) is 7.46. The van der Waals surface area contributed by atoms with Gasteiger partial charge in [-0.2, -0.15) is 0 Å². The van der Waals surface area contributed by atoms with Crippen molar-refractivity contribution < 1.29 is 13.6 Å². The lowest BCUT2D eigenvalue weighted by Crippen LogP contribution is -2.15. The van der Waals surface area contributed by atoms with Crippen molar-refractivity contribution in [2.45, 2.75) is 0 Å². The molecule has 0 aromatic heterocycles. The molecule has 3 nitrogen and oxygen atoms in total. The maximum absolute atomic E-state index is 13.7. The number of amides is 1. The number of nitrogens with one attached hydrogen (secondary N) is 1. The summed E-state index contributed by atoms with van der Waals surface area (Å²) in [5, 5.41) is 2.08. The average Bonchev–Trinajstić information content (AvgIpc) is 2.37. The van der Waals surface area contributed by atoms with Crippen molar-refractivity contribution in [2.24, 2.45) is 0 Å². The molecule has 0 fully saturated rings. The summed E-state index contributed by atoms with van der Waals surface area (Å²) < 4.78 is 28.0. The number of rotatable bonds is 2. The minimum Gasteiger partial charge on any atom is -0.399 e. The van der Waals surface area contributed by atoms with Crippen molar-refractivity contribution in [3.63, 3.8) is 0 Å². The Bertz CT molecular complexity index is 717. The zero-order chi connectivity index (χ0) is 15.7. The van der Waals surface area contributed by atoms with E-state index >= 15 is 0 Å². The van der Waals surface area contributed by atoms with Crippen LogP contribution < -0.4 is 11.1 Å². The summed E-state index contributed by atoms with van der Waals surface area (Å²) in [5.74, 6) is -2.60. The molecule has 0 aliphatic carbocycles. The van der Waals surface area contributed by atoms with E-state index in [1.807, 2.05) is 0 Å². The number of halogens is 5. The number of anilines is 2. The Balaban J connectivity index is 2.37. The van der Waals surface area contributed by atoms with Gasteiger partial charge >= 0.3 is 0 Å². The van der Waals surface area contributed by atoms with Crippen LogP contribution in [-0.2, 0) is 0 Å². The van der Waals surface area contributed by atoms with Crippen LogP contribution in [0.4, 0.5) is 20.2 Å². The fourth-order valence-electron chi connectivity index (χ4n) is 1.59. The molecule has 0 heterocycles. The van der Waals surface area contributed by atoms with E-state index in [1.54, 1.807) is 12.1 Å². The van der Waals surface area contributed by atoms with Crippen LogP contribution in [-0.4, -0.2) is 5.91 Å². The molecule has 0 atom stereocenters. The summed E-state index contributed by atoms with van der Waals surface area (Å²) in [6.45, 7) is 0. The number of nitrogens with two attached hydrogens (primary N) is 1. The summed E-state index contributed by atoms with van der Waals surface area (Å²) in [7, 11) is 0. The molecule has 2 rings (SSSR count). The Labute approximate surface area is 140 Å². The van der Waals surface area contributed by atoms with Crippen LogP contribution in [0.1, 0.15) is 10.4 Å². The Morgan fingerprint density at radius 2 is 1.67 bits per heavy atom. The van der Waals surface area contributed by atoms with Gasteiger partial charge in [-0.3, -0.25) is 4.79 Å². The second-order valence-corrected chi connectivity index (χ2v) is 6.18. The van der Waals surface area contributed by atoms with Gasteiger partial charge in [0.2, 0.25) is 0 Å². The van der Waals surface area contributed by atoms with E-state index < -0.39 is 23.1 Å². The molecule has 0 saturated heterocycles. The Hall–Kier alpha value is -1.18. The minimum absolute atomic E-state index is 0.351. The molecule has 0 unspecified atom stereocenters. The highest BCUT2D eigenvalue weighted by atomic mass is 79.9. The molecule has 0 aliphatic heterocycles. The molecular weight excluding hydrogens is 433 g/mol. The number of hydrogen-bond acceptors (Lipinski definition) is 2. The number of carbonyl (C=O) groups excluding carboxylic acids is 1. The minimum atomic E-state index is -0.915. The van der Waals surface area contributed by atoms with Crippen LogP contribution in [0.15, 0.2) is 33.2 Å². The van der Waals surface area contributed by atoms with E-state index in [2.05, 4.69) is 37.2 Å². The summed E-state index contributed by atoms with van der Waals surface area (Å²) >= 11 is 11.9. The topological polar surface area (TPSA) is 55.1 Å². The smallest absolute Gasteiger partial charge is 0.258 e. The maximum Gasteiger partial charge on any atom is 0.258 e. The first-order chi connectivity index (χ1) is 9.79. The monoisotopic (exact) mass is 438 g/mol. The molecule has 0 radical (unpaired) electrons. The second-order valence-electron chi connectivity index (χ2n) is 4.06. The van der Waals surface area contributed by atoms with Crippen molar-refractivity contribution in [3.8, 4) is 0 Å². The number of benzene rings is 2. The molecule has 8 heteroatoms. The SMILES string of the molecule is Nc1cc(Br)c(NC(=O)c2cc(F)c(Cl)cc2F)c(Br)c1. The van der Waals surface area contributed by atoms with Gasteiger partial charge in [-0.05, 0) is 56.1 Å². The standard InChI is InChI=1S/C13H7Br2ClF2N2O/c14-7-1-5(19)2-8(15)12(7)20-13(21)6-3-11(18)9(16)4-10(6)17/h1-4H,19H2,(H,20,21). The quantitative estimate of drug-likeness (QED) is 0.511. The molecule has 110 valence electrons. The normalized spacial score (nSPS) is 10.5. The van der Waals surface area contributed by atoms with E-state index in [9.17, 15) is 13.6 Å². The Morgan fingerprint density at radius 3 is 2.24 bits per heavy atom. The predicted octanol–water partition coefficient (Wildman–Crippen LogP) is 4.98. The lowest BCUT2D eigenvalue weighted by molar-refractivity contribution is 0.102. The molecule has 0 spiro atoms. The number of carbonyl (C=O) groups is 1. The number of nitrogen functional groups attached to an aromatic ring is 1. The van der Waals surface area contributed by atoms with Crippen LogP contribution in [0.2, 0.25) is 5.02 Å². The lowest BCUT2D eigenvalue weighted by Gasteiger charge is -2.11. The van der Waals surface area contributed by atoms with Gasteiger partial charge in [-0.15, -0.1) is 0 Å². The predicted molar refractivity (Wildman–Crippen MR) is 85.6 cm³/mol. The zero-order valence-corrected chi connectivity index (χ0v) is 14.1. The van der Waals surface area contributed by atoms with Gasteiger partial charge in [0.1, 0.15) is 11.6 Å². The molecule has 3 N–H and O–H groups in total. The van der Waals surface area contributed by atoms with E-state index in [0.717, 1.165) is 12.1 Å². The van der Waals surface area contributed by atoms with Crippen molar-refractivity contribution in [1.29, 1.82) is 0 Å². The summed E-state index contributed by atoms with van der Waals surface area (Å²) in [5.41, 5.74) is 6.00. The maximum atomic E-state index is 13.7. The van der Waals surface area contributed by atoms with E-state index in [0.29, 0.717) is 20.3 Å². The molecule has 0 aliphatic rings. The van der Waals surface area contributed by atoms with E-state index in [4.69, 9.17) is 17.3 Å². The molecule has 0 saturated carbocycles. The lowest BCUT2D eigenvalue weighted by atomic mass is 10.2. The van der Waals surface area contributed by atoms with Crippen molar-refractivity contribution in [3.05, 3.63) is 55.4 Å². The van der Waals surface area contributed by atoms with Gasteiger partial charge in [0.05, 0.1) is 16.3 Å². The Morgan fingerprint density at radius 1 is 1.10 bits per heavy atom. The molecule has 2 aromatic rings. The van der Waals surface area contributed by atoms with Crippen LogP contribution in [0, 0.1) is 11.6 Å². The zero-order valence-electron chi connectivity index (χ0n) is 10.2. The van der Waals surface area contributed by atoms with Crippen molar-refractivity contribution >= 4 is 60.7 Å². The third-order valence-corrected chi connectivity index (χ3v) is 4.10. The van der Waals surface area contributed by atoms with Crippen LogP contribution >= 0.6 is 43.5 Å². The van der Waals surface area contributed by atoms with Crippen molar-refractivity contribution in [1.82, 2.24) is 0 Å². The fraction of sp³-hybridized carbons (Fsp3) is 0. The average molecular weight is 440 g/mol. The fourth-order valence-corrected chi connectivity index (χ4v) is 3.16. The Kier molecular flexibility index (Phi) is 4.85. The molecule has 21 heavy (non-hydrogen) atoms. The summed E-state index contributed by atoms with van der Waals surface area (Å²) in [6.07, 6.45) is 0. The molecule has 2 aromatic carbocycles. The van der Waals surface area contributed by atoms with Crippen LogP contribution in [0.5, 0.6) is 0 Å². The van der Waals surface area contributed by atoms with Gasteiger partial charge in [0.15, 0.2) is 0 Å². The van der Waals surface area contributed by atoms with Gasteiger partial charge < -0.3 is 11.1 Å². The highest BCUT2D eigenvalue weighted by molar-refractivity contribution is 9.11. The van der Waals surface area contributed by atoms with Crippen molar-refractivity contribution in [2.75, 3.05) is 11.1 Å².